The molecule has 0 fully saturated rings. The molecule has 0 atom stereocenters. The average Bonchev–Trinajstić information content (AvgIpc) is 2.94. The average molecular weight is 247 g/mol. The van der Waals surface area contributed by atoms with E-state index in [1.54, 1.807) is 6.26 Å². The summed E-state index contributed by atoms with van der Waals surface area (Å²) in [5.41, 5.74) is 2.74. The van der Waals surface area contributed by atoms with Crippen LogP contribution in [0.3, 0.4) is 0 Å². The molecule has 86 valence electrons. The first-order chi connectivity index (χ1) is 8.29. The number of aromatic amines is 1. The second kappa shape index (κ2) is 3.93. The molecule has 3 rings (SSSR count). The number of para-hydroxylation sites is 1. The quantitative estimate of drug-likeness (QED) is 0.742. The van der Waals surface area contributed by atoms with Crippen LogP contribution in [0.5, 0.6) is 0 Å². The summed E-state index contributed by atoms with van der Waals surface area (Å²) in [5.74, 6) is 1.74. The summed E-state index contributed by atoms with van der Waals surface area (Å²) < 4.78 is 5.40. The lowest BCUT2D eigenvalue weighted by atomic mass is 10.2. The molecule has 0 saturated carbocycles. The Balaban J connectivity index is 2.22. The first-order valence-electron chi connectivity index (χ1n) is 5.50. The van der Waals surface area contributed by atoms with Crippen LogP contribution >= 0.6 is 11.6 Å². The van der Waals surface area contributed by atoms with Gasteiger partial charge in [0.1, 0.15) is 17.1 Å². The Kier molecular flexibility index (Phi) is 2.41. The van der Waals surface area contributed by atoms with Crippen molar-refractivity contribution >= 4 is 22.6 Å². The van der Waals surface area contributed by atoms with Gasteiger partial charge in [0.2, 0.25) is 0 Å². The Hall–Kier alpha value is -1.74. The van der Waals surface area contributed by atoms with Gasteiger partial charge in [-0.15, -0.1) is 0 Å². The van der Waals surface area contributed by atoms with Gasteiger partial charge >= 0.3 is 0 Å². The van der Waals surface area contributed by atoms with Gasteiger partial charge in [0.25, 0.3) is 0 Å². The van der Waals surface area contributed by atoms with Crippen LogP contribution in [0.25, 0.3) is 22.4 Å². The minimum Gasteiger partial charge on any atom is -0.469 e. The van der Waals surface area contributed by atoms with E-state index in [2.05, 4.69) is 16.9 Å². The van der Waals surface area contributed by atoms with Gasteiger partial charge in [0, 0.05) is 6.42 Å². The fourth-order valence-corrected chi connectivity index (χ4v) is 2.17. The summed E-state index contributed by atoms with van der Waals surface area (Å²) in [6.45, 7) is 2.05. The molecule has 0 aliphatic heterocycles. The highest BCUT2D eigenvalue weighted by Crippen LogP contribution is 2.28. The topological polar surface area (TPSA) is 41.8 Å². The van der Waals surface area contributed by atoms with Crippen molar-refractivity contribution in [3.8, 4) is 11.4 Å². The molecule has 0 unspecified atom stereocenters. The zero-order valence-electron chi connectivity index (χ0n) is 9.33. The van der Waals surface area contributed by atoms with E-state index in [0.717, 1.165) is 34.6 Å². The van der Waals surface area contributed by atoms with Gasteiger partial charge in [-0.25, -0.2) is 4.98 Å². The molecule has 4 heteroatoms. The minimum atomic E-state index is 0.659. The third-order valence-electron chi connectivity index (χ3n) is 2.79. The van der Waals surface area contributed by atoms with Crippen LogP contribution in [0.1, 0.15) is 12.7 Å². The van der Waals surface area contributed by atoms with Gasteiger partial charge in [0.15, 0.2) is 0 Å². The SMILES string of the molecule is CCc1occc1-c1nc2c(Cl)cccc2[nH]1. The largest absolute Gasteiger partial charge is 0.469 e. The fourth-order valence-electron chi connectivity index (χ4n) is 1.95. The van der Waals surface area contributed by atoms with Crippen LogP contribution in [-0.4, -0.2) is 9.97 Å². The van der Waals surface area contributed by atoms with Crippen LogP contribution in [0.15, 0.2) is 34.9 Å². The summed E-state index contributed by atoms with van der Waals surface area (Å²) in [7, 11) is 0. The van der Waals surface area contributed by atoms with Crippen LogP contribution in [-0.2, 0) is 6.42 Å². The Bertz CT molecular complexity index is 669. The Morgan fingerprint density at radius 3 is 3.00 bits per heavy atom. The van der Waals surface area contributed by atoms with E-state index in [-0.39, 0.29) is 0 Å². The number of hydrogen-bond donors (Lipinski definition) is 1. The molecule has 0 saturated heterocycles. The van der Waals surface area contributed by atoms with E-state index in [0.29, 0.717) is 5.02 Å². The maximum absolute atomic E-state index is 6.10. The maximum atomic E-state index is 6.10. The second-order valence-electron chi connectivity index (χ2n) is 3.83. The third kappa shape index (κ3) is 1.63. The minimum absolute atomic E-state index is 0.659. The summed E-state index contributed by atoms with van der Waals surface area (Å²) >= 11 is 6.10. The highest BCUT2D eigenvalue weighted by molar-refractivity contribution is 6.34. The molecule has 1 aromatic carbocycles. The molecular weight excluding hydrogens is 236 g/mol. The monoisotopic (exact) mass is 246 g/mol. The molecular formula is C13H11ClN2O. The predicted octanol–water partition coefficient (Wildman–Crippen LogP) is 4.04. The van der Waals surface area contributed by atoms with Crippen molar-refractivity contribution in [1.82, 2.24) is 9.97 Å². The number of rotatable bonds is 2. The van der Waals surface area contributed by atoms with Gasteiger partial charge in [-0.05, 0) is 18.2 Å². The smallest absolute Gasteiger partial charge is 0.142 e. The van der Waals surface area contributed by atoms with E-state index in [4.69, 9.17) is 16.0 Å². The second-order valence-corrected chi connectivity index (χ2v) is 4.24. The molecule has 0 bridgehead atoms. The van der Waals surface area contributed by atoms with Gasteiger partial charge in [0.05, 0.1) is 22.4 Å². The lowest BCUT2D eigenvalue weighted by molar-refractivity contribution is 0.517. The number of nitrogens with zero attached hydrogens (tertiary/aromatic N) is 1. The molecule has 0 amide bonds. The third-order valence-corrected chi connectivity index (χ3v) is 3.09. The molecule has 0 spiro atoms. The molecule has 1 N–H and O–H groups in total. The van der Waals surface area contributed by atoms with Crippen molar-refractivity contribution in [3.05, 3.63) is 41.3 Å². The summed E-state index contributed by atoms with van der Waals surface area (Å²) in [6, 6.07) is 7.63. The van der Waals surface area contributed by atoms with Crippen molar-refractivity contribution < 1.29 is 4.42 Å². The number of hydrogen-bond acceptors (Lipinski definition) is 2. The molecule has 0 aliphatic rings. The highest BCUT2D eigenvalue weighted by atomic mass is 35.5. The zero-order chi connectivity index (χ0) is 11.8. The van der Waals surface area contributed by atoms with E-state index in [1.165, 1.54) is 0 Å². The Labute approximate surface area is 103 Å². The summed E-state index contributed by atoms with van der Waals surface area (Å²) in [4.78, 5) is 7.77. The highest BCUT2D eigenvalue weighted by Gasteiger charge is 2.12. The fraction of sp³-hybridized carbons (Fsp3) is 0.154. The van der Waals surface area contributed by atoms with Crippen molar-refractivity contribution in [3.63, 3.8) is 0 Å². The van der Waals surface area contributed by atoms with Crippen molar-refractivity contribution in [2.45, 2.75) is 13.3 Å². The van der Waals surface area contributed by atoms with E-state index in [9.17, 15) is 0 Å². The number of aromatic nitrogens is 2. The number of nitrogens with one attached hydrogen (secondary N) is 1. The standard InChI is InChI=1S/C13H11ClN2O/c1-2-11-8(6-7-17-11)13-15-10-5-3-4-9(14)12(10)16-13/h3-7H,2H2,1H3,(H,15,16). The number of fused-ring (bicyclic) bond motifs is 1. The van der Waals surface area contributed by atoms with Gasteiger partial charge in [-0.2, -0.15) is 0 Å². The first kappa shape index (κ1) is 10.4. The van der Waals surface area contributed by atoms with E-state index < -0.39 is 0 Å². The number of halogens is 1. The van der Waals surface area contributed by atoms with Crippen LogP contribution in [0, 0.1) is 0 Å². The Morgan fingerprint density at radius 1 is 1.35 bits per heavy atom. The van der Waals surface area contributed by atoms with Crippen molar-refractivity contribution in [1.29, 1.82) is 0 Å². The number of imidazole rings is 1. The summed E-state index contributed by atoms with van der Waals surface area (Å²) in [5, 5.41) is 0.659. The summed E-state index contributed by atoms with van der Waals surface area (Å²) in [6.07, 6.45) is 2.52. The van der Waals surface area contributed by atoms with Gasteiger partial charge in [-0.3, -0.25) is 0 Å². The Morgan fingerprint density at radius 2 is 2.24 bits per heavy atom. The molecule has 0 radical (unpaired) electrons. The molecule has 3 nitrogen and oxygen atoms in total. The lowest BCUT2D eigenvalue weighted by Gasteiger charge is -1.94. The normalized spacial score (nSPS) is 11.2. The van der Waals surface area contributed by atoms with Crippen LogP contribution in [0.2, 0.25) is 5.02 Å². The maximum Gasteiger partial charge on any atom is 0.142 e. The number of benzene rings is 1. The predicted molar refractivity (Wildman–Crippen MR) is 68.2 cm³/mol. The molecule has 2 aromatic heterocycles. The molecule has 3 aromatic rings. The number of furan rings is 1. The molecule has 17 heavy (non-hydrogen) atoms. The van der Waals surface area contributed by atoms with Gasteiger partial charge < -0.3 is 9.40 Å². The van der Waals surface area contributed by atoms with Crippen LogP contribution in [0.4, 0.5) is 0 Å². The van der Waals surface area contributed by atoms with Crippen LogP contribution < -0.4 is 0 Å². The van der Waals surface area contributed by atoms with E-state index in [1.807, 2.05) is 24.3 Å². The zero-order valence-corrected chi connectivity index (χ0v) is 10.1. The van der Waals surface area contributed by atoms with Crippen molar-refractivity contribution in [2.75, 3.05) is 0 Å². The molecule has 0 aliphatic carbocycles. The number of H-pyrrole nitrogens is 1. The first-order valence-corrected chi connectivity index (χ1v) is 5.88. The van der Waals surface area contributed by atoms with Crippen molar-refractivity contribution in [2.24, 2.45) is 0 Å². The van der Waals surface area contributed by atoms with E-state index >= 15 is 0 Å². The van der Waals surface area contributed by atoms with Gasteiger partial charge in [-0.1, -0.05) is 24.6 Å². The lowest BCUT2D eigenvalue weighted by Crippen LogP contribution is -1.83. The molecule has 2 heterocycles. The number of aryl methyl sites for hydroxylation is 1.